The molecule has 5 nitrogen and oxygen atoms in total. The minimum absolute atomic E-state index is 0.153. The van der Waals surface area contributed by atoms with Crippen LogP contribution in [0.25, 0.3) is 0 Å². The second kappa shape index (κ2) is 6.56. The third-order valence-corrected chi connectivity index (χ3v) is 2.96. The highest BCUT2D eigenvalue weighted by atomic mass is 35.5. The number of hydrogen-bond donors (Lipinski definition) is 1. The van der Waals surface area contributed by atoms with Gasteiger partial charge in [-0.25, -0.2) is 4.98 Å². The molecule has 1 aromatic rings. The van der Waals surface area contributed by atoms with Gasteiger partial charge in [0.05, 0.1) is 18.2 Å². The number of halogens is 1. The lowest BCUT2D eigenvalue weighted by molar-refractivity contribution is -0.134. The van der Waals surface area contributed by atoms with E-state index in [2.05, 4.69) is 10.3 Å². The molecule has 1 N–H and O–H groups in total. The molecular weight excluding hydrogens is 254 g/mol. The molecule has 0 unspecified atom stereocenters. The van der Waals surface area contributed by atoms with Crippen LogP contribution in [0.1, 0.15) is 6.42 Å². The van der Waals surface area contributed by atoms with Gasteiger partial charge >= 0.3 is 0 Å². The number of nitrogens with zero attached hydrogens (tertiary/aromatic N) is 2. The van der Waals surface area contributed by atoms with Crippen molar-refractivity contribution >= 4 is 23.3 Å². The molecule has 18 heavy (non-hydrogen) atoms. The summed E-state index contributed by atoms with van der Waals surface area (Å²) < 4.78 is 5.20. The van der Waals surface area contributed by atoms with Crippen LogP contribution in [0.15, 0.2) is 18.3 Å². The van der Waals surface area contributed by atoms with Crippen molar-refractivity contribution < 1.29 is 9.53 Å². The summed E-state index contributed by atoms with van der Waals surface area (Å²) in [5.41, 5.74) is 0. The number of amides is 1. The molecule has 1 fully saturated rings. The van der Waals surface area contributed by atoms with E-state index in [1.807, 2.05) is 4.90 Å². The minimum Gasteiger partial charge on any atom is -0.378 e. The molecule has 98 valence electrons. The number of rotatable bonds is 4. The molecule has 0 spiro atoms. The molecule has 1 aliphatic heterocycles. The lowest BCUT2D eigenvalue weighted by Gasteiger charge is -2.26. The maximum Gasteiger partial charge on any atom is 0.224 e. The Morgan fingerprint density at radius 2 is 2.22 bits per heavy atom. The Kier molecular flexibility index (Phi) is 4.78. The SMILES string of the molecule is O=C(CCNc1ccc(Cl)cn1)N1CCOCC1. The zero-order chi connectivity index (χ0) is 12.8. The van der Waals surface area contributed by atoms with Crippen LogP contribution in [-0.4, -0.2) is 48.6 Å². The van der Waals surface area contributed by atoms with Crippen molar-refractivity contribution in [1.29, 1.82) is 0 Å². The van der Waals surface area contributed by atoms with Crippen LogP contribution in [0, 0.1) is 0 Å². The van der Waals surface area contributed by atoms with E-state index in [-0.39, 0.29) is 5.91 Å². The predicted octanol–water partition coefficient (Wildman–Crippen LogP) is 1.40. The molecule has 1 saturated heterocycles. The van der Waals surface area contributed by atoms with E-state index in [9.17, 15) is 4.79 Å². The van der Waals surface area contributed by atoms with Gasteiger partial charge in [-0.1, -0.05) is 11.6 Å². The van der Waals surface area contributed by atoms with Crippen molar-refractivity contribution in [3.8, 4) is 0 Å². The van der Waals surface area contributed by atoms with Crippen molar-refractivity contribution in [3.63, 3.8) is 0 Å². The molecule has 2 rings (SSSR count). The van der Waals surface area contributed by atoms with Crippen LogP contribution in [0.3, 0.4) is 0 Å². The van der Waals surface area contributed by atoms with E-state index in [0.29, 0.717) is 44.3 Å². The molecule has 0 atom stereocenters. The highest BCUT2D eigenvalue weighted by Crippen LogP contribution is 2.09. The fourth-order valence-corrected chi connectivity index (χ4v) is 1.86. The second-order valence-electron chi connectivity index (χ2n) is 4.03. The Labute approximate surface area is 111 Å². The van der Waals surface area contributed by atoms with Crippen molar-refractivity contribution in [1.82, 2.24) is 9.88 Å². The molecule has 1 aromatic heterocycles. The summed E-state index contributed by atoms with van der Waals surface area (Å²) in [6.45, 7) is 3.23. The monoisotopic (exact) mass is 269 g/mol. The largest absolute Gasteiger partial charge is 0.378 e. The molecule has 2 heterocycles. The smallest absolute Gasteiger partial charge is 0.224 e. The average Bonchev–Trinajstić information content (AvgIpc) is 2.42. The van der Waals surface area contributed by atoms with Gasteiger partial charge in [-0.2, -0.15) is 0 Å². The van der Waals surface area contributed by atoms with Gasteiger partial charge in [0.2, 0.25) is 5.91 Å². The molecule has 0 aliphatic carbocycles. The third kappa shape index (κ3) is 3.85. The minimum atomic E-state index is 0.153. The predicted molar refractivity (Wildman–Crippen MR) is 69.8 cm³/mol. The lowest BCUT2D eigenvalue weighted by atomic mass is 10.3. The maximum atomic E-state index is 11.8. The maximum absolute atomic E-state index is 11.8. The number of anilines is 1. The number of carbonyl (C=O) groups is 1. The highest BCUT2D eigenvalue weighted by molar-refractivity contribution is 6.30. The summed E-state index contributed by atoms with van der Waals surface area (Å²) in [6, 6.07) is 3.56. The zero-order valence-electron chi connectivity index (χ0n) is 10.1. The van der Waals surface area contributed by atoms with Crippen LogP contribution in [0.5, 0.6) is 0 Å². The van der Waals surface area contributed by atoms with Crippen molar-refractivity contribution in [2.75, 3.05) is 38.2 Å². The van der Waals surface area contributed by atoms with Crippen LogP contribution < -0.4 is 5.32 Å². The Balaban J connectivity index is 1.71. The fraction of sp³-hybridized carbons (Fsp3) is 0.500. The first kappa shape index (κ1) is 13.1. The van der Waals surface area contributed by atoms with E-state index >= 15 is 0 Å². The summed E-state index contributed by atoms with van der Waals surface area (Å²) in [5.74, 6) is 0.883. The van der Waals surface area contributed by atoms with E-state index in [0.717, 1.165) is 5.82 Å². The zero-order valence-corrected chi connectivity index (χ0v) is 10.8. The molecule has 0 bridgehead atoms. The summed E-state index contributed by atoms with van der Waals surface area (Å²) in [6.07, 6.45) is 2.04. The van der Waals surface area contributed by atoms with Crippen LogP contribution in [0.4, 0.5) is 5.82 Å². The van der Waals surface area contributed by atoms with Crippen LogP contribution >= 0.6 is 11.6 Å². The quantitative estimate of drug-likeness (QED) is 0.898. The Morgan fingerprint density at radius 3 is 2.89 bits per heavy atom. The first-order valence-electron chi connectivity index (χ1n) is 5.96. The van der Waals surface area contributed by atoms with Gasteiger partial charge in [-0.05, 0) is 12.1 Å². The van der Waals surface area contributed by atoms with E-state index in [4.69, 9.17) is 16.3 Å². The number of morpholine rings is 1. The van der Waals surface area contributed by atoms with E-state index < -0.39 is 0 Å². The number of nitrogens with one attached hydrogen (secondary N) is 1. The van der Waals surface area contributed by atoms with Crippen molar-refractivity contribution in [2.45, 2.75) is 6.42 Å². The number of carbonyl (C=O) groups excluding carboxylic acids is 1. The molecule has 0 radical (unpaired) electrons. The number of aromatic nitrogens is 1. The number of hydrogen-bond acceptors (Lipinski definition) is 4. The van der Waals surface area contributed by atoms with Crippen LogP contribution in [0.2, 0.25) is 5.02 Å². The lowest BCUT2D eigenvalue weighted by Crippen LogP contribution is -2.41. The van der Waals surface area contributed by atoms with Gasteiger partial charge in [0.15, 0.2) is 0 Å². The van der Waals surface area contributed by atoms with Gasteiger partial charge in [-0.3, -0.25) is 4.79 Å². The molecule has 1 amide bonds. The summed E-state index contributed by atoms with van der Waals surface area (Å²) in [4.78, 5) is 17.8. The first-order valence-corrected chi connectivity index (χ1v) is 6.34. The Hall–Kier alpha value is -1.33. The molecule has 0 aromatic carbocycles. The Morgan fingerprint density at radius 1 is 1.44 bits per heavy atom. The fourth-order valence-electron chi connectivity index (χ4n) is 1.75. The third-order valence-electron chi connectivity index (χ3n) is 2.74. The second-order valence-corrected chi connectivity index (χ2v) is 4.47. The number of pyridine rings is 1. The molecular formula is C12H16ClN3O2. The van der Waals surface area contributed by atoms with Gasteiger partial charge in [0, 0.05) is 32.3 Å². The molecule has 1 aliphatic rings. The summed E-state index contributed by atoms with van der Waals surface area (Å²) in [7, 11) is 0. The van der Waals surface area contributed by atoms with Crippen molar-refractivity contribution in [3.05, 3.63) is 23.4 Å². The molecule has 0 saturated carbocycles. The van der Waals surface area contributed by atoms with Crippen LogP contribution in [-0.2, 0) is 9.53 Å². The van der Waals surface area contributed by atoms with Gasteiger partial charge in [-0.15, -0.1) is 0 Å². The molecule has 6 heteroatoms. The van der Waals surface area contributed by atoms with E-state index in [1.54, 1.807) is 18.3 Å². The van der Waals surface area contributed by atoms with Crippen molar-refractivity contribution in [2.24, 2.45) is 0 Å². The number of ether oxygens (including phenoxy) is 1. The highest BCUT2D eigenvalue weighted by Gasteiger charge is 2.15. The summed E-state index contributed by atoms with van der Waals surface area (Å²) >= 11 is 5.73. The van der Waals surface area contributed by atoms with Gasteiger partial charge in [0.25, 0.3) is 0 Å². The van der Waals surface area contributed by atoms with Gasteiger partial charge in [0.1, 0.15) is 5.82 Å². The van der Waals surface area contributed by atoms with Gasteiger partial charge < -0.3 is 15.0 Å². The first-order chi connectivity index (χ1) is 8.75. The summed E-state index contributed by atoms with van der Waals surface area (Å²) in [5, 5.41) is 3.70. The standard InChI is InChI=1S/C12H16ClN3O2/c13-10-1-2-11(15-9-10)14-4-3-12(17)16-5-7-18-8-6-16/h1-2,9H,3-8H2,(H,14,15). The Bertz CT molecular complexity index is 391. The van der Waals surface area contributed by atoms with E-state index in [1.165, 1.54) is 0 Å². The topological polar surface area (TPSA) is 54.5 Å². The normalized spacial score (nSPS) is 15.5. The average molecular weight is 270 g/mol.